The lowest BCUT2D eigenvalue weighted by Gasteiger charge is -1.95. The number of nitrogens with one attached hydrogen (secondary N) is 1. The van der Waals surface area contributed by atoms with Gasteiger partial charge in [-0.1, -0.05) is 6.07 Å². The van der Waals surface area contributed by atoms with E-state index in [2.05, 4.69) is 4.98 Å². The summed E-state index contributed by atoms with van der Waals surface area (Å²) in [6, 6.07) is 4.38. The third-order valence-corrected chi connectivity index (χ3v) is 2.12. The Labute approximate surface area is 83.3 Å². The molecule has 1 aromatic heterocycles. The van der Waals surface area contributed by atoms with E-state index in [9.17, 15) is 14.9 Å². The number of nitrogens with zero attached hydrogens (tertiary/aromatic N) is 1. The third-order valence-electron chi connectivity index (χ3n) is 2.12. The van der Waals surface area contributed by atoms with Gasteiger partial charge in [-0.25, -0.2) is 4.79 Å². The Hall–Kier alpha value is -2.37. The highest BCUT2D eigenvalue weighted by molar-refractivity contribution is 6.04. The highest BCUT2D eigenvalue weighted by Crippen LogP contribution is 2.27. The van der Waals surface area contributed by atoms with Crippen LogP contribution in [0.4, 0.5) is 5.69 Å². The number of hydrogen-bond donors (Lipinski definition) is 2. The van der Waals surface area contributed by atoms with E-state index in [0.29, 0.717) is 5.39 Å². The van der Waals surface area contributed by atoms with Crippen LogP contribution < -0.4 is 0 Å². The molecule has 0 aliphatic rings. The van der Waals surface area contributed by atoms with Crippen molar-refractivity contribution in [2.45, 2.75) is 0 Å². The molecule has 6 nitrogen and oxygen atoms in total. The summed E-state index contributed by atoms with van der Waals surface area (Å²) in [6.07, 6.45) is 1.19. The van der Waals surface area contributed by atoms with E-state index in [1.165, 1.54) is 24.4 Å². The number of H-pyrrole nitrogens is 1. The Kier molecular flexibility index (Phi) is 1.89. The summed E-state index contributed by atoms with van der Waals surface area (Å²) in [5, 5.41) is 19.7. The van der Waals surface area contributed by atoms with Crippen molar-refractivity contribution in [2.75, 3.05) is 0 Å². The summed E-state index contributed by atoms with van der Waals surface area (Å²) in [5.41, 5.74) is 0.186. The summed E-state index contributed by atoms with van der Waals surface area (Å²) in [7, 11) is 0. The van der Waals surface area contributed by atoms with Crippen LogP contribution in [0.2, 0.25) is 0 Å². The van der Waals surface area contributed by atoms with Gasteiger partial charge in [0, 0.05) is 0 Å². The number of carbonyl (C=O) groups is 1. The number of carboxylic acid groups (broad SMARTS) is 1. The largest absolute Gasteiger partial charge is 0.478 e. The summed E-state index contributed by atoms with van der Waals surface area (Å²) in [6.45, 7) is 0. The summed E-state index contributed by atoms with van der Waals surface area (Å²) >= 11 is 0. The maximum Gasteiger partial charge on any atom is 0.337 e. The molecule has 0 aliphatic heterocycles. The van der Waals surface area contributed by atoms with Crippen LogP contribution in [0.25, 0.3) is 10.9 Å². The number of para-hydroxylation sites is 1. The second-order valence-electron chi connectivity index (χ2n) is 2.96. The second kappa shape index (κ2) is 3.09. The third kappa shape index (κ3) is 1.32. The first kappa shape index (κ1) is 9.20. The number of aromatic nitrogens is 1. The van der Waals surface area contributed by atoms with Crippen LogP contribution in [-0.4, -0.2) is 21.0 Å². The van der Waals surface area contributed by atoms with Gasteiger partial charge in [0.05, 0.1) is 27.6 Å². The normalized spacial score (nSPS) is 10.4. The number of fused-ring (bicyclic) bond motifs is 1. The maximum absolute atomic E-state index is 10.8. The number of nitro groups is 1. The predicted octanol–water partition coefficient (Wildman–Crippen LogP) is 1.77. The molecule has 0 aliphatic carbocycles. The quantitative estimate of drug-likeness (QED) is 0.578. The number of rotatable bonds is 2. The van der Waals surface area contributed by atoms with E-state index in [1.54, 1.807) is 0 Å². The Morgan fingerprint density at radius 3 is 2.80 bits per heavy atom. The number of hydrogen-bond acceptors (Lipinski definition) is 3. The van der Waals surface area contributed by atoms with Crippen molar-refractivity contribution in [2.24, 2.45) is 0 Å². The zero-order valence-electron chi connectivity index (χ0n) is 7.43. The monoisotopic (exact) mass is 206 g/mol. The Balaban J connectivity index is 2.80. The molecule has 1 heterocycles. The molecule has 0 saturated heterocycles. The van der Waals surface area contributed by atoms with Crippen LogP contribution in [0.1, 0.15) is 10.4 Å². The van der Waals surface area contributed by atoms with Gasteiger partial charge in [0.15, 0.2) is 0 Å². The highest BCUT2D eigenvalue weighted by Gasteiger charge is 2.17. The lowest BCUT2D eigenvalue weighted by Crippen LogP contribution is -1.96. The zero-order chi connectivity index (χ0) is 11.0. The van der Waals surface area contributed by atoms with E-state index >= 15 is 0 Å². The standard InChI is InChI=1S/C9H6N2O4/c12-9(13)6-3-1-2-5-7(11(14)15)4-10-8(5)6/h1-4,10H,(H,12,13). The SMILES string of the molecule is O=C(O)c1cccc2c([N+](=O)[O-])c[nH]c12. The van der Waals surface area contributed by atoms with Crippen LogP contribution in [0.15, 0.2) is 24.4 Å². The maximum atomic E-state index is 10.8. The summed E-state index contributed by atoms with van der Waals surface area (Å²) in [4.78, 5) is 23.4. The van der Waals surface area contributed by atoms with Gasteiger partial charge in [0.1, 0.15) is 0 Å². The molecule has 6 heteroatoms. The van der Waals surface area contributed by atoms with Crippen molar-refractivity contribution in [3.05, 3.63) is 40.1 Å². The van der Waals surface area contributed by atoms with Gasteiger partial charge in [-0.2, -0.15) is 0 Å². The minimum atomic E-state index is -1.11. The molecule has 0 amide bonds. The second-order valence-corrected chi connectivity index (χ2v) is 2.96. The fourth-order valence-corrected chi connectivity index (χ4v) is 1.47. The van der Waals surface area contributed by atoms with E-state index in [-0.39, 0.29) is 16.8 Å². The fourth-order valence-electron chi connectivity index (χ4n) is 1.47. The van der Waals surface area contributed by atoms with Crippen molar-refractivity contribution in [1.29, 1.82) is 0 Å². The fraction of sp³-hybridized carbons (Fsp3) is 0. The van der Waals surface area contributed by atoms with Gasteiger partial charge in [-0.15, -0.1) is 0 Å². The van der Waals surface area contributed by atoms with Crippen molar-refractivity contribution < 1.29 is 14.8 Å². The first-order valence-electron chi connectivity index (χ1n) is 4.09. The number of carboxylic acids is 1. The van der Waals surface area contributed by atoms with Crippen molar-refractivity contribution >= 4 is 22.6 Å². The molecule has 15 heavy (non-hydrogen) atoms. The molecule has 0 unspecified atom stereocenters. The molecule has 1 aromatic carbocycles. The van der Waals surface area contributed by atoms with E-state index in [0.717, 1.165) is 0 Å². The van der Waals surface area contributed by atoms with Gasteiger partial charge < -0.3 is 10.1 Å². The molecular weight excluding hydrogens is 200 g/mol. The highest BCUT2D eigenvalue weighted by atomic mass is 16.6. The number of aromatic amines is 1. The Morgan fingerprint density at radius 1 is 1.47 bits per heavy atom. The van der Waals surface area contributed by atoms with E-state index < -0.39 is 10.9 Å². The molecule has 0 fully saturated rings. The van der Waals surface area contributed by atoms with E-state index in [4.69, 9.17) is 5.11 Å². The molecule has 0 radical (unpaired) electrons. The molecule has 76 valence electrons. The Morgan fingerprint density at radius 2 is 2.20 bits per heavy atom. The summed E-state index contributed by atoms with van der Waals surface area (Å²) in [5.74, 6) is -1.11. The lowest BCUT2D eigenvalue weighted by atomic mass is 10.1. The van der Waals surface area contributed by atoms with Crippen LogP contribution in [-0.2, 0) is 0 Å². The van der Waals surface area contributed by atoms with Gasteiger partial charge in [-0.3, -0.25) is 10.1 Å². The van der Waals surface area contributed by atoms with Gasteiger partial charge in [0.25, 0.3) is 5.69 Å². The molecule has 0 saturated carbocycles. The van der Waals surface area contributed by atoms with Crippen LogP contribution in [0.5, 0.6) is 0 Å². The molecule has 2 aromatic rings. The Bertz CT molecular complexity index is 558. The zero-order valence-corrected chi connectivity index (χ0v) is 7.43. The molecule has 0 spiro atoms. The molecule has 2 rings (SSSR count). The topological polar surface area (TPSA) is 96.2 Å². The molecule has 0 bridgehead atoms. The van der Waals surface area contributed by atoms with Crippen LogP contribution >= 0.6 is 0 Å². The average Bonchev–Trinajstić information content (AvgIpc) is 2.59. The van der Waals surface area contributed by atoms with Crippen LogP contribution in [0.3, 0.4) is 0 Å². The van der Waals surface area contributed by atoms with Crippen molar-refractivity contribution in [3.8, 4) is 0 Å². The minimum absolute atomic E-state index is 0.0283. The minimum Gasteiger partial charge on any atom is -0.478 e. The van der Waals surface area contributed by atoms with Crippen molar-refractivity contribution in [3.63, 3.8) is 0 Å². The van der Waals surface area contributed by atoms with Gasteiger partial charge in [-0.05, 0) is 12.1 Å². The molecular formula is C9H6N2O4. The lowest BCUT2D eigenvalue weighted by molar-refractivity contribution is -0.383. The van der Waals surface area contributed by atoms with Crippen LogP contribution in [0, 0.1) is 10.1 Å². The molecule has 2 N–H and O–H groups in total. The number of aromatic carboxylic acids is 1. The van der Waals surface area contributed by atoms with E-state index in [1.807, 2.05) is 0 Å². The number of benzene rings is 1. The first-order valence-corrected chi connectivity index (χ1v) is 4.09. The average molecular weight is 206 g/mol. The smallest absolute Gasteiger partial charge is 0.337 e. The van der Waals surface area contributed by atoms with Gasteiger partial charge in [0.2, 0.25) is 0 Å². The summed E-state index contributed by atoms with van der Waals surface area (Å²) < 4.78 is 0. The molecule has 0 atom stereocenters. The predicted molar refractivity (Wildman–Crippen MR) is 51.9 cm³/mol. The first-order chi connectivity index (χ1) is 7.11. The van der Waals surface area contributed by atoms with Gasteiger partial charge >= 0.3 is 5.97 Å². The van der Waals surface area contributed by atoms with Crippen molar-refractivity contribution in [1.82, 2.24) is 4.98 Å².